The second-order valence-electron chi connectivity index (χ2n) is 11.9. The fourth-order valence-corrected chi connectivity index (χ4v) is 5.89. The number of nitrogens with one attached hydrogen (secondary N) is 2. The van der Waals surface area contributed by atoms with Crippen LogP contribution in [0.15, 0.2) is 103 Å². The molecule has 1 aliphatic heterocycles. The number of ether oxygens (including phenoxy) is 2. The maximum absolute atomic E-state index is 11.9. The van der Waals surface area contributed by atoms with Gasteiger partial charge in [0.15, 0.2) is 6.29 Å². The zero-order valence-corrected chi connectivity index (χ0v) is 26.6. The van der Waals surface area contributed by atoms with Crippen LogP contribution in [-0.4, -0.2) is 42.3 Å². The van der Waals surface area contributed by atoms with Gasteiger partial charge < -0.3 is 25.2 Å². The number of rotatable bonds is 11. The summed E-state index contributed by atoms with van der Waals surface area (Å²) >= 11 is 0. The molecule has 7 nitrogen and oxygen atoms in total. The molecule has 0 radical (unpaired) electrons. The van der Waals surface area contributed by atoms with Gasteiger partial charge in [0.25, 0.3) is 0 Å². The molecule has 3 N–H and O–H groups in total. The van der Waals surface area contributed by atoms with Gasteiger partial charge in [-0.2, -0.15) is 0 Å². The Bertz CT molecular complexity index is 1530. The number of urea groups is 1. The lowest BCUT2D eigenvalue weighted by molar-refractivity contribution is -0.276. The molecular formula is C38H45N3O4. The Morgan fingerprint density at radius 2 is 1.56 bits per heavy atom. The van der Waals surface area contributed by atoms with Gasteiger partial charge in [-0.1, -0.05) is 97.9 Å². The number of aliphatic hydroxyl groups is 1. The first-order valence-electron chi connectivity index (χ1n) is 15.8. The standard InChI is InChI=1S/C38H45N3O4/c1-5-39-38(43)40-23-29-11-9-14-32(21-29)33-15-10-16-34(22-33)37-44-35(24-41(4)27(3)30-12-7-6-8-13-30)26(2)36(45-37)31-19-17-28(25-42)18-20-31/h6-22,26-27,35-37,42H,5,23-25H2,1-4H3,(H2,39,40,43)/t26-,27-,35+,36+,37+/m0/s1. The summed E-state index contributed by atoms with van der Waals surface area (Å²) in [5.74, 6) is 0.0870. The van der Waals surface area contributed by atoms with Crippen LogP contribution in [0.4, 0.5) is 4.79 Å². The summed E-state index contributed by atoms with van der Waals surface area (Å²) in [6, 6.07) is 35.1. The van der Waals surface area contributed by atoms with Crippen LogP contribution in [0.2, 0.25) is 0 Å². The average molecular weight is 608 g/mol. The van der Waals surface area contributed by atoms with Gasteiger partial charge in [-0.15, -0.1) is 0 Å². The highest BCUT2D eigenvalue weighted by molar-refractivity contribution is 5.74. The topological polar surface area (TPSA) is 83.1 Å². The second kappa shape index (κ2) is 15.3. The minimum atomic E-state index is -0.559. The van der Waals surface area contributed by atoms with Crippen molar-refractivity contribution in [2.45, 2.75) is 58.5 Å². The highest BCUT2D eigenvalue weighted by Crippen LogP contribution is 2.42. The molecule has 1 heterocycles. The second-order valence-corrected chi connectivity index (χ2v) is 11.9. The fourth-order valence-electron chi connectivity index (χ4n) is 5.89. The van der Waals surface area contributed by atoms with Gasteiger partial charge in [0.1, 0.15) is 0 Å². The van der Waals surface area contributed by atoms with E-state index in [0.717, 1.165) is 39.9 Å². The number of aliphatic hydroxyl groups excluding tert-OH is 1. The Morgan fingerprint density at radius 3 is 2.27 bits per heavy atom. The predicted octanol–water partition coefficient (Wildman–Crippen LogP) is 7.15. The molecule has 2 amide bonds. The molecule has 1 fully saturated rings. The molecule has 236 valence electrons. The molecule has 5 rings (SSSR count). The van der Waals surface area contributed by atoms with E-state index in [9.17, 15) is 9.90 Å². The van der Waals surface area contributed by atoms with E-state index in [-0.39, 0.29) is 36.8 Å². The Morgan fingerprint density at radius 1 is 0.844 bits per heavy atom. The van der Waals surface area contributed by atoms with Crippen molar-refractivity contribution in [3.8, 4) is 11.1 Å². The SMILES string of the molecule is CCNC(=O)NCc1cccc(-c2cccc([C@@H]3O[C@H](CN(C)[C@@H](C)c4ccccc4)[C@H](C)[C@H](c4ccc(CO)cc4)O3)c2)c1. The Kier molecular flexibility index (Phi) is 11.0. The third-order valence-corrected chi connectivity index (χ3v) is 8.74. The Hall–Kier alpha value is -4.01. The zero-order valence-electron chi connectivity index (χ0n) is 26.6. The number of likely N-dealkylation sites (N-methyl/N-ethyl adjacent to an activating group) is 1. The van der Waals surface area contributed by atoms with Crippen molar-refractivity contribution in [3.05, 3.63) is 131 Å². The summed E-state index contributed by atoms with van der Waals surface area (Å²) in [5, 5.41) is 15.3. The number of carbonyl (C=O) groups excluding carboxylic acids is 1. The number of nitrogens with zero attached hydrogens (tertiary/aromatic N) is 1. The third kappa shape index (κ3) is 8.18. The van der Waals surface area contributed by atoms with Crippen LogP contribution in [0.1, 0.15) is 67.0 Å². The van der Waals surface area contributed by atoms with Gasteiger partial charge in [-0.05, 0) is 66.4 Å². The van der Waals surface area contributed by atoms with Crippen LogP contribution in [-0.2, 0) is 22.6 Å². The van der Waals surface area contributed by atoms with Crippen LogP contribution < -0.4 is 10.6 Å². The summed E-state index contributed by atoms with van der Waals surface area (Å²) < 4.78 is 13.5. The molecule has 5 atom stereocenters. The van der Waals surface area contributed by atoms with Gasteiger partial charge in [0.05, 0.1) is 18.8 Å². The van der Waals surface area contributed by atoms with Gasteiger partial charge in [-0.25, -0.2) is 4.79 Å². The van der Waals surface area contributed by atoms with Crippen molar-refractivity contribution in [3.63, 3.8) is 0 Å². The normalized spacial score (nSPS) is 20.5. The van der Waals surface area contributed by atoms with E-state index >= 15 is 0 Å². The lowest BCUT2D eigenvalue weighted by Crippen LogP contribution is -2.44. The van der Waals surface area contributed by atoms with E-state index in [4.69, 9.17) is 9.47 Å². The van der Waals surface area contributed by atoms with Crippen LogP contribution in [0, 0.1) is 5.92 Å². The fraction of sp³-hybridized carbons (Fsp3) is 0.342. The lowest BCUT2D eigenvalue weighted by atomic mass is 9.89. The summed E-state index contributed by atoms with van der Waals surface area (Å²) in [5.41, 5.74) is 7.28. The van der Waals surface area contributed by atoms with Gasteiger partial charge >= 0.3 is 6.03 Å². The van der Waals surface area contributed by atoms with Crippen molar-refractivity contribution in [2.75, 3.05) is 20.1 Å². The van der Waals surface area contributed by atoms with Crippen molar-refractivity contribution >= 4 is 6.03 Å². The highest BCUT2D eigenvalue weighted by Gasteiger charge is 2.39. The van der Waals surface area contributed by atoms with Crippen molar-refractivity contribution in [2.24, 2.45) is 5.92 Å². The third-order valence-electron chi connectivity index (χ3n) is 8.74. The highest BCUT2D eigenvalue weighted by atomic mass is 16.7. The Balaban J connectivity index is 1.40. The van der Waals surface area contributed by atoms with Crippen molar-refractivity contribution in [1.29, 1.82) is 0 Å². The molecule has 1 saturated heterocycles. The van der Waals surface area contributed by atoms with Gasteiger partial charge in [-0.3, -0.25) is 4.90 Å². The van der Waals surface area contributed by atoms with Crippen molar-refractivity contribution in [1.82, 2.24) is 15.5 Å². The maximum atomic E-state index is 11.9. The first kappa shape index (κ1) is 32.4. The molecule has 7 heteroatoms. The van der Waals surface area contributed by atoms with Crippen LogP contribution in [0.3, 0.4) is 0 Å². The molecular weight excluding hydrogens is 562 g/mol. The van der Waals surface area contributed by atoms with E-state index in [1.807, 2.05) is 43.3 Å². The number of amides is 2. The summed E-state index contributed by atoms with van der Waals surface area (Å²) in [7, 11) is 2.15. The molecule has 4 aromatic carbocycles. The Labute approximate surface area is 267 Å². The van der Waals surface area contributed by atoms with Crippen molar-refractivity contribution < 1.29 is 19.4 Å². The molecule has 0 saturated carbocycles. The smallest absolute Gasteiger partial charge is 0.315 e. The minimum Gasteiger partial charge on any atom is -0.392 e. The van der Waals surface area contributed by atoms with E-state index < -0.39 is 6.29 Å². The first-order chi connectivity index (χ1) is 21.9. The monoisotopic (exact) mass is 607 g/mol. The van der Waals surface area contributed by atoms with Crippen LogP contribution in [0.5, 0.6) is 0 Å². The first-order valence-corrected chi connectivity index (χ1v) is 15.8. The molecule has 1 aliphatic rings. The number of carbonyl (C=O) groups is 1. The van der Waals surface area contributed by atoms with Crippen LogP contribution >= 0.6 is 0 Å². The van der Waals surface area contributed by atoms with E-state index in [1.165, 1.54) is 5.56 Å². The average Bonchev–Trinajstić information content (AvgIpc) is 3.08. The number of hydrogen-bond donors (Lipinski definition) is 3. The van der Waals surface area contributed by atoms with E-state index in [2.05, 4.69) is 103 Å². The van der Waals surface area contributed by atoms with Gasteiger partial charge in [0.2, 0.25) is 0 Å². The number of benzene rings is 4. The minimum absolute atomic E-state index is 0.00782. The zero-order chi connectivity index (χ0) is 31.8. The summed E-state index contributed by atoms with van der Waals surface area (Å²) in [6.07, 6.45) is -0.833. The van der Waals surface area contributed by atoms with E-state index in [1.54, 1.807) is 0 Å². The quantitative estimate of drug-likeness (QED) is 0.169. The van der Waals surface area contributed by atoms with Gasteiger partial charge in [0, 0.05) is 37.2 Å². The summed E-state index contributed by atoms with van der Waals surface area (Å²) in [6.45, 7) is 8.10. The molecule has 0 bridgehead atoms. The lowest BCUT2D eigenvalue weighted by Gasteiger charge is -2.43. The van der Waals surface area contributed by atoms with E-state index in [0.29, 0.717) is 13.1 Å². The molecule has 45 heavy (non-hydrogen) atoms. The predicted molar refractivity (Wildman–Crippen MR) is 178 cm³/mol. The molecule has 0 unspecified atom stereocenters. The largest absolute Gasteiger partial charge is 0.392 e. The van der Waals surface area contributed by atoms with Crippen LogP contribution in [0.25, 0.3) is 11.1 Å². The molecule has 0 aromatic heterocycles. The molecule has 0 spiro atoms. The molecule has 0 aliphatic carbocycles. The number of hydrogen-bond acceptors (Lipinski definition) is 5. The summed E-state index contributed by atoms with van der Waals surface area (Å²) in [4.78, 5) is 14.3. The molecule has 4 aromatic rings. The maximum Gasteiger partial charge on any atom is 0.315 e.